The molecule has 2 amide bonds. The average Bonchev–Trinajstić information content (AvgIpc) is 3.35. The van der Waals surface area contributed by atoms with Crippen LogP contribution in [0.1, 0.15) is 10.5 Å². The molecule has 3 aromatic carbocycles. The van der Waals surface area contributed by atoms with Crippen molar-refractivity contribution >= 4 is 45.1 Å². The van der Waals surface area contributed by atoms with E-state index in [1.165, 1.54) is 0 Å². The summed E-state index contributed by atoms with van der Waals surface area (Å²) in [7, 11) is 0. The summed E-state index contributed by atoms with van der Waals surface area (Å²) in [4.78, 5) is 29.1. The molecule has 0 unspecified atom stereocenters. The van der Waals surface area contributed by atoms with Crippen molar-refractivity contribution in [1.82, 2.24) is 4.98 Å². The second-order valence-corrected chi connectivity index (χ2v) is 6.70. The van der Waals surface area contributed by atoms with E-state index in [0.717, 1.165) is 27.4 Å². The van der Waals surface area contributed by atoms with Gasteiger partial charge in [-0.1, -0.05) is 30.3 Å². The first-order valence-electron chi connectivity index (χ1n) is 9.05. The van der Waals surface area contributed by atoms with Gasteiger partial charge in [-0.15, -0.1) is 0 Å². The molecule has 5 rings (SSSR count). The molecule has 1 aliphatic heterocycles. The molecule has 0 bridgehead atoms. The molecule has 6 heteroatoms. The number of H-pyrrole nitrogens is 1. The number of hydrogen-bond acceptors (Lipinski definition) is 3. The van der Waals surface area contributed by atoms with E-state index in [0.29, 0.717) is 24.5 Å². The number of aromatic amines is 1. The van der Waals surface area contributed by atoms with E-state index in [1.807, 2.05) is 30.3 Å². The van der Waals surface area contributed by atoms with Crippen LogP contribution in [-0.4, -0.2) is 30.1 Å². The number of hydrogen-bond donors (Lipinski definition) is 2. The SMILES string of the molecule is O=C(Nc1ccc(N2CCOC2=O)cc1)c1cc2c(ccc3ccccc32)[nH]1. The van der Waals surface area contributed by atoms with Crippen LogP contribution in [0.2, 0.25) is 0 Å². The summed E-state index contributed by atoms with van der Waals surface area (Å²) in [6.07, 6.45) is -0.345. The fraction of sp³-hybridized carbons (Fsp3) is 0.0909. The summed E-state index contributed by atoms with van der Waals surface area (Å²) < 4.78 is 4.94. The number of cyclic esters (lactones) is 1. The molecule has 1 aliphatic rings. The van der Waals surface area contributed by atoms with Gasteiger partial charge in [-0.05, 0) is 47.2 Å². The second kappa shape index (κ2) is 6.42. The highest BCUT2D eigenvalue weighted by Crippen LogP contribution is 2.26. The number of anilines is 2. The minimum Gasteiger partial charge on any atom is -0.447 e. The Morgan fingerprint density at radius 1 is 1.00 bits per heavy atom. The Bertz CT molecular complexity index is 1210. The van der Waals surface area contributed by atoms with Crippen molar-refractivity contribution in [2.24, 2.45) is 0 Å². The summed E-state index contributed by atoms with van der Waals surface area (Å²) in [6, 6.07) is 21.1. The number of fused-ring (bicyclic) bond motifs is 3. The van der Waals surface area contributed by atoms with Crippen LogP contribution in [0, 0.1) is 0 Å². The average molecular weight is 371 g/mol. The van der Waals surface area contributed by atoms with Crippen molar-refractivity contribution in [1.29, 1.82) is 0 Å². The fourth-order valence-electron chi connectivity index (χ4n) is 3.56. The van der Waals surface area contributed by atoms with Crippen LogP contribution in [0.15, 0.2) is 66.7 Å². The number of aromatic nitrogens is 1. The zero-order valence-electron chi connectivity index (χ0n) is 14.9. The molecular weight excluding hydrogens is 354 g/mol. The zero-order chi connectivity index (χ0) is 19.1. The molecule has 0 atom stereocenters. The van der Waals surface area contributed by atoms with Gasteiger partial charge < -0.3 is 15.0 Å². The maximum atomic E-state index is 12.7. The third-order valence-electron chi connectivity index (χ3n) is 4.97. The number of nitrogens with one attached hydrogen (secondary N) is 2. The van der Waals surface area contributed by atoms with Gasteiger partial charge in [-0.25, -0.2) is 4.79 Å². The second-order valence-electron chi connectivity index (χ2n) is 6.70. The van der Waals surface area contributed by atoms with Crippen LogP contribution >= 0.6 is 0 Å². The highest BCUT2D eigenvalue weighted by atomic mass is 16.6. The molecular formula is C22H17N3O3. The summed E-state index contributed by atoms with van der Waals surface area (Å²) in [5.74, 6) is -0.214. The molecule has 1 saturated heterocycles. The third kappa shape index (κ3) is 2.75. The first kappa shape index (κ1) is 16.4. The zero-order valence-corrected chi connectivity index (χ0v) is 14.9. The molecule has 0 radical (unpaired) electrons. The number of benzene rings is 3. The number of carbonyl (C=O) groups is 2. The van der Waals surface area contributed by atoms with E-state index < -0.39 is 0 Å². The Hall–Kier alpha value is -3.80. The lowest BCUT2D eigenvalue weighted by atomic mass is 10.1. The number of amides is 2. The van der Waals surface area contributed by atoms with Gasteiger partial charge in [0.2, 0.25) is 0 Å². The van der Waals surface area contributed by atoms with Crippen LogP contribution in [0.4, 0.5) is 16.2 Å². The molecule has 138 valence electrons. The highest BCUT2D eigenvalue weighted by molar-refractivity contribution is 6.12. The van der Waals surface area contributed by atoms with Gasteiger partial charge in [0, 0.05) is 22.3 Å². The van der Waals surface area contributed by atoms with Gasteiger partial charge >= 0.3 is 6.09 Å². The van der Waals surface area contributed by atoms with Crippen LogP contribution in [-0.2, 0) is 4.74 Å². The number of rotatable bonds is 3. The van der Waals surface area contributed by atoms with Crippen LogP contribution in [0.25, 0.3) is 21.7 Å². The first-order valence-corrected chi connectivity index (χ1v) is 9.05. The largest absolute Gasteiger partial charge is 0.447 e. The fourth-order valence-corrected chi connectivity index (χ4v) is 3.56. The van der Waals surface area contributed by atoms with E-state index in [-0.39, 0.29) is 12.0 Å². The minimum atomic E-state index is -0.345. The number of carbonyl (C=O) groups excluding carboxylic acids is 2. The van der Waals surface area contributed by atoms with Gasteiger partial charge in [0.1, 0.15) is 12.3 Å². The van der Waals surface area contributed by atoms with E-state index in [9.17, 15) is 9.59 Å². The summed E-state index contributed by atoms with van der Waals surface area (Å²) >= 11 is 0. The molecule has 6 nitrogen and oxygen atoms in total. The van der Waals surface area contributed by atoms with Gasteiger partial charge in [-0.2, -0.15) is 0 Å². The third-order valence-corrected chi connectivity index (χ3v) is 4.97. The molecule has 4 aromatic rings. The Morgan fingerprint density at radius 2 is 1.82 bits per heavy atom. The van der Waals surface area contributed by atoms with Crippen molar-refractivity contribution in [3.8, 4) is 0 Å². The molecule has 1 fully saturated rings. The van der Waals surface area contributed by atoms with Crippen molar-refractivity contribution in [3.63, 3.8) is 0 Å². The van der Waals surface area contributed by atoms with Crippen molar-refractivity contribution < 1.29 is 14.3 Å². The number of ether oxygens (including phenoxy) is 1. The Morgan fingerprint density at radius 3 is 2.61 bits per heavy atom. The van der Waals surface area contributed by atoms with Gasteiger partial charge in [-0.3, -0.25) is 9.69 Å². The lowest BCUT2D eigenvalue weighted by Gasteiger charge is -2.13. The predicted molar refractivity (Wildman–Crippen MR) is 109 cm³/mol. The lowest BCUT2D eigenvalue weighted by Crippen LogP contribution is -2.23. The molecule has 0 spiro atoms. The van der Waals surface area contributed by atoms with Crippen molar-refractivity contribution in [2.45, 2.75) is 0 Å². The topological polar surface area (TPSA) is 74.4 Å². The molecule has 0 saturated carbocycles. The molecule has 28 heavy (non-hydrogen) atoms. The Kier molecular flexibility index (Phi) is 3.76. The maximum Gasteiger partial charge on any atom is 0.414 e. The Balaban J connectivity index is 1.39. The molecule has 2 heterocycles. The van der Waals surface area contributed by atoms with E-state index in [4.69, 9.17) is 4.74 Å². The normalized spacial score (nSPS) is 13.9. The molecule has 2 N–H and O–H groups in total. The summed E-state index contributed by atoms with van der Waals surface area (Å²) in [6.45, 7) is 0.931. The molecule has 1 aromatic heterocycles. The molecule has 0 aliphatic carbocycles. The van der Waals surface area contributed by atoms with E-state index >= 15 is 0 Å². The Labute approximate surface area is 160 Å². The first-order chi connectivity index (χ1) is 13.7. The lowest BCUT2D eigenvalue weighted by molar-refractivity contribution is 0.102. The standard InChI is InChI=1S/C22H17N3O3/c26-21(23-15-6-8-16(9-7-15)25-11-12-28-22(25)27)20-13-18-17-4-2-1-3-14(17)5-10-19(18)24-20/h1-10,13,24H,11-12H2,(H,23,26). The summed E-state index contributed by atoms with van der Waals surface area (Å²) in [5, 5.41) is 6.16. The quantitative estimate of drug-likeness (QED) is 0.556. The van der Waals surface area contributed by atoms with Crippen LogP contribution in [0.3, 0.4) is 0 Å². The van der Waals surface area contributed by atoms with E-state index in [1.54, 1.807) is 29.2 Å². The maximum absolute atomic E-state index is 12.7. The monoisotopic (exact) mass is 371 g/mol. The predicted octanol–water partition coefficient (Wildman–Crippen LogP) is 4.53. The van der Waals surface area contributed by atoms with Crippen molar-refractivity contribution in [3.05, 3.63) is 72.4 Å². The van der Waals surface area contributed by atoms with Gasteiger partial charge in [0.25, 0.3) is 5.91 Å². The van der Waals surface area contributed by atoms with Crippen molar-refractivity contribution in [2.75, 3.05) is 23.4 Å². The smallest absolute Gasteiger partial charge is 0.414 e. The highest BCUT2D eigenvalue weighted by Gasteiger charge is 2.23. The van der Waals surface area contributed by atoms with Crippen LogP contribution < -0.4 is 10.2 Å². The van der Waals surface area contributed by atoms with Gasteiger partial charge in [0.15, 0.2) is 0 Å². The van der Waals surface area contributed by atoms with E-state index in [2.05, 4.69) is 22.4 Å². The van der Waals surface area contributed by atoms with Crippen LogP contribution in [0.5, 0.6) is 0 Å². The summed E-state index contributed by atoms with van der Waals surface area (Å²) in [5.41, 5.74) is 2.83. The number of nitrogens with zero attached hydrogens (tertiary/aromatic N) is 1. The van der Waals surface area contributed by atoms with Gasteiger partial charge in [0.05, 0.1) is 6.54 Å². The minimum absolute atomic E-state index is 0.214.